The number of carbonyl (C=O) groups is 1. The summed E-state index contributed by atoms with van der Waals surface area (Å²) in [5.74, 6) is -0.0318. The number of rotatable bonds is 7. The average molecular weight is 315 g/mol. The third-order valence-electron chi connectivity index (χ3n) is 3.17. The maximum Gasteiger partial charge on any atom is 0.191 e. The zero-order chi connectivity index (χ0) is 15.1. The molecule has 21 heavy (non-hydrogen) atoms. The quantitative estimate of drug-likeness (QED) is 0.618. The Balaban J connectivity index is 1.83. The first-order valence-corrected chi connectivity index (χ1v) is 7.38. The van der Waals surface area contributed by atoms with Crippen molar-refractivity contribution in [3.63, 3.8) is 0 Å². The smallest absolute Gasteiger partial charge is 0.191 e. The van der Waals surface area contributed by atoms with Crippen molar-refractivity contribution in [1.29, 1.82) is 0 Å². The molecule has 1 aromatic rings. The van der Waals surface area contributed by atoms with E-state index in [1.165, 1.54) is 6.07 Å². The molecule has 1 saturated heterocycles. The molecule has 0 saturated carbocycles. The van der Waals surface area contributed by atoms with E-state index in [1.807, 2.05) is 0 Å². The summed E-state index contributed by atoms with van der Waals surface area (Å²) in [7, 11) is 0. The van der Waals surface area contributed by atoms with E-state index in [4.69, 9.17) is 30.9 Å². The molecule has 2 rings (SSSR count). The molecule has 6 heteroatoms. The lowest BCUT2D eigenvalue weighted by Gasteiger charge is -2.22. The van der Waals surface area contributed by atoms with Gasteiger partial charge in [-0.25, -0.2) is 0 Å². The molecule has 1 unspecified atom stereocenters. The molecule has 0 aromatic heterocycles. The second kappa shape index (κ2) is 8.34. The second-order valence-corrected chi connectivity index (χ2v) is 5.17. The first kappa shape index (κ1) is 16.2. The summed E-state index contributed by atoms with van der Waals surface area (Å²) >= 11 is 5.85. The van der Waals surface area contributed by atoms with Gasteiger partial charge >= 0.3 is 0 Å². The van der Waals surface area contributed by atoms with Crippen LogP contribution in [0, 0.1) is 0 Å². The topological polar surface area (TPSA) is 65.0 Å². The van der Waals surface area contributed by atoms with Gasteiger partial charge in [-0.05, 0) is 37.5 Å². The van der Waals surface area contributed by atoms with Crippen LogP contribution in [-0.4, -0.2) is 43.6 Å². The molecule has 1 aliphatic heterocycles. The van der Waals surface area contributed by atoms with Crippen molar-refractivity contribution in [2.75, 3.05) is 26.4 Å². The van der Waals surface area contributed by atoms with E-state index in [0.29, 0.717) is 24.0 Å². The fourth-order valence-electron chi connectivity index (χ4n) is 2.10. The van der Waals surface area contributed by atoms with Crippen molar-refractivity contribution in [1.82, 2.24) is 0 Å². The number of carbonyl (C=O) groups excluding carboxylic acids is 1. The highest BCUT2D eigenvalue weighted by molar-refractivity contribution is 6.31. The molecular weight excluding hydrogens is 296 g/mol. The number of ketones is 1. The Morgan fingerprint density at radius 2 is 2.24 bits per heavy atom. The lowest BCUT2D eigenvalue weighted by molar-refractivity contribution is -0.165. The summed E-state index contributed by atoms with van der Waals surface area (Å²) in [5, 5.41) is 9.38. The fraction of sp³-hybridized carbons (Fsp3) is 0.533. The van der Waals surface area contributed by atoms with Crippen molar-refractivity contribution in [2.24, 2.45) is 0 Å². The van der Waals surface area contributed by atoms with Gasteiger partial charge < -0.3 is 19.3 Å². The maximum absolute atomic E-state index is 11.6. The van der Waals surface area contributed by atoms with E-state index in [1.54, 1.807) is 12.1 Å². The number of ether oxygens (including phenoxy) is 3. The largest absolute Gasteiger partial charge is 0.490 e. The molecule has 1 atom stereocenters. The van der Waals surface area contributed by atoms with E-state index >= 15 is 0 Å². The Kier molecular flexibility index (Phi) is 6.45. The molecule has 1 N–H and O–H groups in total. The standard InChI is InChI=1S/C15H19ClO5/c16-11-4-5-14(12(9-11)13(18)10-17)19-7-8-21-15-3-1-2-6-20-15/h4-5,9,15,17H,1-3,6-8,10H2. The van der Waals surface area contributed by atoms with Crippen LogP contribution in [0.25, 0.3) is 0 Å². The normalized spacial score (nSPS) is 18.5. The minimum Gasteiger partial charge on any atom is -0.490 e. The lowest BCUT2D eigenvalue weighted by atomic mass is 10.1. The van der Waals surface area contributed by atoms with Gasteiger partial charge in [-0.1, -0.05) is 11.6 Å². The molecule has 0 bridgehead atoms. The number of halogens is 1. The number of benzene rings is 1. The Bertz CT molecular complexity index is 471. The van der Waals surface area contributed by atoms with Crippen molar-refractivity contribution in [2.45, 2.75) is 25.6 Å². The van der Waals surface area contributed by atoms with Crippen LogP contribution in [0.2, 0.25) is 5.02 Å². The monoisotopic (exact) mass is 314 g/mol. The molecule has 0 aliphatic carbocycles. The summed E-state index contributed by atoms with van der Waals surface area (Å²) in [5.41, 5.74) is 0.277. The van der Waals surface area contributed by atoms with Gasteiger partial charge in [0.15, 0.2) is 12.1 Å². The van der Waals surface area contributed by atoms with E-state index in [9.17, 15) is 4.79 Å². The van der Waals surface area contributed by atoms with E-state index < -0.39 is 12.4 Å². The van der Waals surface area contributed by atoms with Crippen LogP contribution in [-0.2, 0) is 9.47 Å². The molecule has 1 fully saturated rings. The molecule has 0 radical (unpaired) electrons. The fourth-order valence-corrected chi connectivity index (χ4v) is 2.28. The minimum atomic E-state index is -0.580. The predicted molar refractivity (Wildman–Crippen MR) is 77.9 cm³/mol. The maximum atomic E-state index is 11.6. The first-order valence-electron chi connectivity index (χ1n) is 7.00. The van der Waals surface area contributed by atoms with Gasteiger partial charge in [0, 0.05) is 11.6 Å². The highest BCUT2D eigenvalue weighted by atomic mass is 35.5. The number of aliphatic hydroxyl groups excluding tert-OH is 1. The van der Waals surface area contributed by atoms with Crippen LogP contribution in [0.1, 0.15) is 29.6 Å². The number of hydrogen-bond donors (Lipinski definition) is 1. The number of hydrogen-bond acceptors (Lipinski definition) is 5. The van der Waals surface area contributed by atoms with Crippen LogP contribution in [0.4, 0.5) is 0 Å². The van der Waals surface area contributed by atoms with E-state index in [0.717, 1.165) is 25.9 Å². The molecule has 0 spiro atoms. The minimum absolute atomic E-state index is 0.161. The third kappa shape index (κ3) is 4.97. The Hall–Kier alpha value is -1.14. The van der Waals surface area contributed by atoms with Gasteiger partial charge in [0.2, 0.25) is 0 Å². The van der Waals surface area contributed by atoms with Gasteiger partial charge in [-0.2, -0.15) is 0 Å². The van der Waals surface area contributed by atoms with Gasteiger partial charge in [0.25, 0.3) is 0 Å². The van der Waals surface area contributed by atoms with Crippen LogP contribution < -0.4 is 4.74 Å². The highest BCUT2D eigenvalue weighted by Gasteiger charge is 2.15. The SMILES string of the molecule is O=C(CO)c1cc(Cl)ccc1OCCOC1CCCCO1. The van der Waals surface area contributed by atoms with Crippen LogP contribution in [0.3, 0.4) is 0 Å². The average Bonchev–Trinajstić information content (AvgIpc) is 2.53. The predicted octanol–water partition coefficient (Wildman–Crippen LogP) is 2.44. The first-order chi connectivity index (χ1) is 10.2. The van der Waals surface area contributed by atoms with E-state index in [-0.39, 0.29) is 11.9 Å². The van der Waals surface area contributed by atoms with Gasteiger partial charge in [0.1, 0.15) is 19.0 Å². The Morgan fingerprint density at radius 3 is 2.95 bits per heavy atom. The van der Waals surface area contributed by atoms with Crippen LogP contribution in [0.5, 0.6) is 5.75 Å². The molecule has 5 nitrogen and oxygen atoms in total. The summed E-state index contributed by atoms with van der Waals surface area (Å²) < 4.78 is 16.5. The zero-order valence-corrected chi connectivity index (χ0v) is 12.5. The molecular formula is C15H19ClO5. The Labute approximate surface area is 128 Å². The second-order valence-electron chi connectivity index (χ2n) is 4.74. The molecule has 1 aliphatic rings. The molecule has 1 heterocycles. The van der Waals surface area contributed by atoms with E-state index in [2.05, 4.69) is 0 Å². The lowest BCUT2D eigenvalue weighted by Crippen LogP contribution is -2.24. The van der Waals surface area contributed by atoms with Crippen molar-refractivity contribution >= 4 is 17.4 Å². The van der Waals surface area contributed by atoms with Gasteiger partial charge in [0.05, 0.1) is 12.2 Å². The number of Topliss-reactive ketones (excluding diaryl/α,β-unsaturated/α-hetero) is 1. The van der Waals surface area contributed by atoms with Crippen molar-refractivity contribution < 1.29 is 24.1 Å². The highest BCUT2D eigenvalue weighted by Crippen LogP contribution is 2.23. The van der Waals surface area contributed by atoms with Gasteiger partial charge in [-0.15, -0.1) is 0 Å². The van der Waals surface area contributed by atoms with Crippen LogP contribution in [0.15, 0.2) is 18.2 Å². The van der Waals surface area contributed by atoms with Crippen molar-refractivity contribution in [3.8, 4) is 5.75 Å². The van der Waals surface area contributed by atoms with Gasteiger partial charge in [-0.3, -0.25) is 4.79 Å². The summed E-state index contributed by atoms with van der Waals surface area (Å²) in [6, 6.07) is 4.74. The zero-order valence-electron chi connectivity index (χ0n) is 11.7. The molecule has 1 aromatic carbocycles. The molecule has 0 amide bonds. The number of aliphatic hydroxyl groups is 1. The summed E-state index contributed by atoms with van der Waals surface area (Å²) in [6.07, 6.45) is 2.92. The van der Waals surface area contributed by atoms with Crippen molar-refractivity contribution in [3.05, 3.63) is 28.8 Å². The summed E-state index contributed by atoms with van der Waals surface area (Å²) in [4.78, 5) is 11.6. The van der Waals surface area contributed by atoms with Crippen LogP contribution >= 0.6 is 11.6 Å². The summed E-state index contributed by atoms with van der Waals surface area (Å²) in [6.45, 7) is 0.828. The third-order valence-corrected chi connectivity index (χ3v) is 3.40. The Morgan fingerprint density at radius 1 is 1.38 bits per heavy atom. The molecule has 116 valence electrons.